The Morgan fingerprint density at radius 3 is 2.24 bits per heavy atom. The second-order valence-electron chi connectivity index (χ2n) is 5.43. The quantitative estimate of drug-likeness (QED) is 0.606. The summed E-state index contributed by atoms with van der Waals surface area (Å²) in [5.74, 6) is -0.937. The molecule has 2 aromatic rings. The van der Waals surface area contributed by atoms with E-state index in [9.17, 15) is 14.4 Å². The molecule has 0 aliphatic rings. The van der Waals surface area contributed by atoms with E-state index in [1.807, 2.05) is 24.3 Å². The van der Waals surface area contributed by atoms with Crippen molar-refractivity contribution in [3.05, 3.63) is 71.2 Å². The molecule has 0 aliphatic carbocycles. The Balaban J connectivity index is 2.19. The van der Waals surface area contributed by atoms with Crippen LogP contribution in [-0.2, 0) is 17.6 Å². The molecule has 128 valence electrons. The summed E-state index contributed by atoms with van der Waals surface area (Å²) < 4.78 is 12.9. The van der Waals surface area contributed by atoms with Gasteiger partial charge in [-0.1, -0.05) is 32.0 Å². The van der Waals surface area contributed by atoms with Crippen LogP contribution in [0.4, 0.5) is 15.8 Å². The van der Waals surface area contributed by atoms with E-state index >= 15 is 0 Å². The van der Waals surface area contributed by atoms with Gasteiger partial charge in [0.2, 0.25) is 0 Å². The molecule has 0 aromatic heterocycles. The number of rotatable bonds is 6. The van der Waals surface area contributed by atoms with E-state index in [2.05, 4.69) is 24.5 Å². The van der Waals surface area contributed by atoms with Gasteiger partial charge in [-0.3, -0.25) is 4.79 Å². The van der Waals surface area contributed by atoms with Crippen LogP contribution >= 0.6 is 0 Å². The van der Waals surface area contributed by atoms with Crippen molar-refractivity contribution in [3.8, 4) is 6.07 Å². The van der Waals surface area contributed by atoms with Gasteiger partial charge in [-0.25, -0.2) is 4.39 Å². The molecule has 0 radical (unpaired) electrons. The first-order valence-corrected chi connectivity index (χ1v) is 8.13. The molecule has 0 saturated carbocycles. The van der Waals surface area contributed by atoms with Crippen molar-refractivity contribution in [1.29, 1.82) is 5.26 Å². The van der Waals surface area contributed by atoms with Crippen LogP contribution in [0.3, 0.4) is 0 Å². The number of para-hydroxylation sites is 1. The van der Waals surface area contributed by atoms with Crippen molar-refractivity contribution in [2.45, 2.75) is 26.7 Å². The van der Waals surface area contributed by atoms with E-state index in [0.717, 1.165) is 29.7 Å². The van der Waals surface area contributed by atoms with Gasteiger partial charge in [-0.05, 0) is 48.2 Å². The fourth-order valence-corrected chi connectivity index (χ4v) is 2.45. The second kappa shape index (κ2) is 8.65. The molecule has 0 bridgehead atoms. The summed E-state index contributed by atoms with van der Waals surface area (Å²) in [7, 11) is 0. The zero-order valence-electron chi connectivity index (χ0n) is 14.3. The Hall–Kier alpha value is -3.13. The number of nitriles is 1. The van der Waals surface area contributed by atoms with Crippen molar-refractivity contribution < 1.29 is 9.18 Å². The van der Waals surface area contributed by atoms with E-state index in [1.54, 1.807) is 0 Å². The molecular weight excluding hydrogens is 317 g/mol. The topological polar surface area (TPSA) is 64.9 Å². The van der Waals surface area contributed by atoms with Gasteiger partial charge >= 0.3 is 0 Å². The van der Waals surface area contributed by atoms with E-state index < -0.39 is 5.91 Å². The van der Waals surface area contributed by atoms with Gasteiger partial charge in [-0.2, -0.15) is 5.26 Å². The first kappa shape index (κ1) is 18.2. The van der Waals surface area contributed by atoms with Crippen molar-refractivity contribution in [3.63, 3.8) is 0 Å². The number of benzene rings is 2. The largest absolute Gasteiger partial charge is 0.360 e. The summed E-state index contributed by atoms with van der Waals surface area (Å²) >= 11 is 0. The summed E-state index contributed by atoms with van der Waals surface area (Å²) in [6.07, 6.45) is 3.09. The van der Waals surface area contributed by atoms with Gasteiger partial charge in [-0.15, -0.1) is 0 Å². The minimum Gasteiger partial charge on any atom is -0.360 e. The second-order valence-corrected chi connectivity index (χ2v) is 5.43. The fraction of sp³-hybridized carbons (Fsp3) is 0.200. The van der Waals surface area contributed by atoms with Crippen LogP contribution in [0.5, 0.6) is 0 Å². The highest BCUT2D eigenvalue weighted by Crippen LogP contribution is 2.23. The molecule has 5 heteroatoms. The van der Waals surface area contributed by atoms with Crippen LogP contribution < -0.4 is 10.6 Å². The van der Waals surface area contributed by atoms with Gasteiger partial charge in [0.1, 0.15) is 17.5 Å². The lowest BCUT2D eigenvalue weighted by Gasteiger charge is -2.13. The van der Waals surface area contributed by atoms with Crippen LogP contribution in [-0.4, -0.2) is 5.91 Å². The summed E-state index contributed by atoms with van der Waals surface area (Å²) in [6, 6.07) is 13.3. The third-order valence-electron chi connectivity index (χ3n) is 3.83. The highest BCUT2D eigenvalue weighted by molar-refractivity contribution is 6.06. The Kier molecular flexibility index (Phi) is 6.30. The molecule has 0 heterocycles. The molecule has 0 aliphatic heterocycles. The van der Waals surface area contributed by atoms with Crippen molar-refractivity contribution in [2.24, 2.45) is 0 Å². The lowest BCUT2D eigenvalue weighted by Crippen LogP contribution is -2.14. The molecule has 0 spiro atoms. The minimum absolute atomic E-state index is 0.0581. The number of anilines is 2. The fourth-order valence-electron chi connectivity index (χ4n) is 2.45. The average Bonchev–Trinajstić information content (AvgIpc) is 2.64. The van der Waals surface area contributed by atoms with E-state index in [-0.39, 0.29) is 11.4 Å². The summed E-state index contributed by atoms with van der Waals surface area (Å²) in [6.45, 7) is 4.10. The molecule has 25 heavy (non-hydrogen) atoms. The molecular formula is C20H20FN3O. The van der Waals surface area contributed by atoms with Crippen LogP contribution in [0.25, 0.3) is 0 Å². The third-order valence-corrected chi connectivity index (χ3v) is 3.83. The molecule has 0 fully saturated rings. The molecule has 1 amide bonds. The van der Waals surface area contributed by atoms with Crippen molar-refractivity contribution >= 4 is 17.3 Å². The van der Waals surface area contributed by atoms with Crippen LogP contribution in [0.15, 0.2) is 54.2 Å². The standard InChI is InChI=1S/C20H20FN3O/c1-3-14-6-5-7-15(4-2)19(14)23-13-16(12-22)20(25)24-18-10-8-17(21)9-11-18/h5-11,13,23H,3-4H2,1-2H3,(H,24,25)/b16-13-. The predicted molar refractivity (Wildman–Crippen MR) is 97.5 cm³/mol. The highest BCUT2D eigenvalue weighted by atomic mass is 19.1. The molecule has 2 aromatic carbocycles. The maximum atomic E-state index is 12.9. The SMILES string of the molecule is CCc1cccc(CC)c1N/C=C(/C#N)C(=O)Nc1ccc(F)cc1. The number of amides is 1. The smallest absolute Gasteiger partial charge is 0.267 e. The Labute approximate surface area is 147 Å². The van der Waals surface area contributed by atoms with E-state index in [4.69, 9.17) is 0 Å². The average molecular weight is 337 g/mol. The number of carbonyl (C=O) groups is 1. The van der Waals surface area contributed by atoms with Gasteiger partial charge in [0.25, 0.3) is 5.91 Å². The number of hydrogen-bond donors (Lipinski definition) is 2. The van der Waals surface area contributed by atoms with Crippen molar-refractivity contribution in [1.82, 2.24) is 0 Å². The van der Waals surface area contributed by atoms with Crippen LogP contribution in [0, 0.1) is 17.1 Å². The summed E-state index contributed by atoms with van der Waals surface area (Å²) in [4.78, 5) is 12.2. The van der Waals surface area contributed by atoms with Crippen LogP contribution in [0.2, 0.25) is 0 Å². The third kappa shape index (κ3) is 4.67. The maximum absolute atomic E-state index is 12.9. The van der Waals surface area contributed by atoms with Crippen molar-refractivity contribution in [2.75, 3.05) is 10.6 Å². The summed E-state index contributed by atoms with van der Waals surface area (Å²) in [5.41, 5.74) is 3.53. The molecule has 4 nitrogen and oxygen atoms in total. The molecule has 0 atom stereocenters. The Morgan fingerprint density at radius 2 is 1.72 bits per heavy atom. The number of aryl methyl sites for hydroxylation is 2. The van der Waals surface area contributed by atoms with E-state index in [0.29, 0.717) is 5.69 Å². The molecule has 0 saturated heterocycles. The first-order chi connectivity index (χ1) is 12.1. The number of nitrogens with zero attached hydrogens (tertiary/aromatic N) is 1. The van der Waals surface area contributed by atoms with Gasteiger partial charge in [0.05, 0.1) is 0 Å². The number of carbonyl (C=O) groups excluding carboxylic acids is 1. The zero-order valence-corrected chi connectivity index (χ0v) is 14.3. The van der Waals surface area contributed by atoms with E-state index in [1.165, 1.54) is 30.5 Å². The Morgan fingerprint density at radius 1 is 1.12 bits per heavy atom. The highest BCUT2D eigenvalue weighted by Gasteiger charge is 2.11. The normalized spacial score (nSPS) is 10.9. The predicted octanol–water partition coefficient (Wildman–Crippen LogP) is 4.41. The summed E-state index contributed by atoms with van der Waals surface area (Å²) in [5, 5.41) is 15.0. The molecule has 0 unspecified atom stereocenters. The first-order valence-electron chi connectivity index (χ1n) is 8.13. The number of hydrogen-bond acceptors (Lipinski definition) is 3. The lowest BCUT2D eigenvalue weighted by molar-refractivity contribution is -0.112. The van der Waals surface area contributed by atoms with Gasteiger partial charge in [0, 0.05) is 17.6 Å². The van der Waals surface area contributed by atoms with Gasteiger partial charge in [0.15, 0.2) is 0 Å². The maximum Gasteiger partial charge on any atom is 0.267 e. The Bertz CT molecular complexity index is 798. The van der Waals surface area contributed by atoms with Gasteiger partial charge < -0.3 is 10.6 Å². The number of halogens is 1. The zero-order chi connectivity index (χ0) is 18.2. The number of nitrogens with one attached hydrogen (secondary N) is 2. The molecule has 2 N–H and O–H groups in total. The lowest BCUT2D eigenvalue weighted by atomic mass is 10.0. The monoisotopic (exact) mass is 337 g/mol. The minimum atomic E-state index is -0.548. The molecule has 2 rings (SSSR count). The van der Waals surface area contributed by atoms with Crippen LogP contribution in [0.1, 0.15) is 25.0 Å².